The third kappa shape index (κ3) is 4.43. The van der Waals surface area contributed by atoms with Crippen LogP contribution >= 0.6 is 0 Å². The topological polar surface area (TPSA) is 46.9 Å². The van der Waals surface area contributed by atoms with Crippen molar-refractivity contribution in [3.05, 3.63) is 65.0 Å². The lowest BCUT2D eigenvalue weighted by atomic mass is 9.87. The summed E-state index contributed by atoms with van der Waals surface area (Å²) < 4.78 is 2.33. The van der Waals surface area contributed by atoms with Crippen molar-refractivity contribution in [1.82, 2.24) is 14.9 Å². The Morgan fingerprint density at radius 1 is 1.13 bits per heavy atom. The minimum absolute atomic E-state index is 0.0362. The van der Waals surface area contributed by atoms with Gasteiger partial charge in [-0.1, -0.05) is 61.9 Å². The van der Waals surface area contributed by atoms with Crippen molar-refractivity contribution >= 4 is 16.9 Å². The van der Waals surface area contributed by atoms with E-state index in [1.807, 2.05) is 39.0 Å². The molecule has 1 fully saturated rings. The zero-order valence-corrected chi connectivity index (χ0v) is 18.4. The van der Waals surface area contributed by atoms with E-state index in [0.29, 0.717) is 0 Å². The average Bonchev–Trinajstić information content (AvgIpc) is 3.11. The van der Waals surface area contributed by atoms with Gasteiger partial charge in [0.1, 0.15) is 5.82 Å². The van der Waals surface area contributed by atoms with Crippen LogP contribution in [0.2, 0.25) is 0 Å². The molecule has 0 radical (unpaired) electrons. The van der Waals surface area contributed by atoms with Gasteiger partial charge in [-0.15, -0.1) is 0 Å². The number of fused-ring (bicyclic) bond motifs is 1. The maximum Gasteiger partial charge on any atom is 0.252 e. The summed E-state index contributed by atoms with van der Waals surface area (Å²) in [5, 5.41) is 3.19. The second-order valence-electron chi connectivity index (χ2n) is 8.92. The Balaban J connectivity index is 1.56. The number of aromatic nitrogens is 2. The molecule has 4 rings (SSSR count). The molecule has 1 unspecified atom stereocenters. The number of benzene rings is 2. The highest BCUT2D eigenvalue weighted by molar-refractivity contribution is 5.96. The van der Waals surface area contributed by atoms with Gasteiger partial charge >= 0.3 is 0 Å². The summed E-state index contributed by atoms with van der Waals surface area (Å²) in [4.78, 5) is 17.9. The lowest BCUT2D eigenvalue weighted by Crippen LogP contribution is -2.29. The van der Waals surface area contributed by atoms with Crippen molar-refractivity contribution in [2.75, 3.05) is 0 Å². The van der Waals surface area contributed by atoms with E-state index in [4.69, 9.17) is 4.98 Å². The summed E-state index contributed by atoms with van der Waals surface area (Å²) in [7, 11) is 0. The van der Waals surface area contributed by atoms with Crippen molar-refractivity contribution in [3.63, 3.8) is 0 Å². The van der Waals surface area contributed by atoms with Crippen molar-refractivity contribution in [2.24, 2.45) is 5.92 Å². The number of amides is 1. The molecule has 3 aromatic rings. The van der Waals surface area contributed by atoms with Crippen molar-refractivity contribution in [3.8, 4) is 0 Å². The first-order valence-electron chi connectivity index (χ1n) is 11.4. The molecule has 4 nitrogen and oxygen atoms in total. The van der Waals surface area contributed by atoms with Gasteiger partial charge in [0.25, 0.3) is 5.91 Å². The van der Waals surface area contributed by atoms with E-state index in [1.54, 1.807) is 0 Å². The number of hydrogen-bond acceptors (Lipinski definition) is 2. The summed E-state index contributed by atoms with van der Waals surface area (Å²) >= 11 is 0. The molecule has 2 aromatic carbocycles. The monoisotopic (exact) mass is 403 g/mol. The van der Waals surface area contributed by atoms with Crippen molar-refractivity contribution < 1.29 is 4.79 Å². The molecule has 4 heteroatoms. The molecule has 1 atom stereocenters. The third-order valence-corrected chi connectivity index (χ3v) is 6.53. The smallest absolute Gasteiger partial charge is 0.252 e. The quantitative estimate of drug-likeness (QED) is 0.539. The van der Waals surface area contributed by atoms with Crippen LogP contribution in [0.5, 0.6) is 0 Å². The molecule has 1 heterocycles. The normalized spacial score (nSPS) is 16.0. The first-order chi connectivity index (χ1) is 14.5. The molecule has 1 saturated carbocycles. The Kier molecular flexibility index (Phi) is 6.21. The highest BCUT2D eigenvalue weighted by Gasteiger charge is 2.21. The number of carbonyl (C=O) groups excluding carboxylic acids is 1. The van der Waals surface area contributed by atoms with Crippen LogP contribution in [0.25, 0.3) is 11.0 Å². The molecule has 0 spiro atoms. The molecular weight excluding hydrogens is 370 g/mol. The predicted molar refractivity (Wildman–Crippen MR) is 123 cm³/mol. The van der Waals surface area contributed by atoms with Crippen molar-refractivity contribution in [2.45, 2.75) is 71.9 Å². The lowest BCUT2D eigenvalue weighted by molar-refractivity contribution is 0.0937. The molecule has 0 aliphatic heterocycles. The number of imidazole rings is 1. The SMILES string of the molecule is Cc1ccc(C(=O)NC(C)c2nc3ccccc3n2CCC2CCCCC2)c(C)c1. The zero-order chi connectivity index (χ0) is 21.1. The summed E-state index contributed by atoms with van der Waals surface area (Å²) in [6, 6.07) is 14.1. The van der Waals surface area contributed by atoms with E-state index in [1.165, 1.54) is 44.1 Å². The van der Waals surface area contributed by atoms with Crippen LogP contribution in [-0.2, 0) is 6.54 Å². The fourth-order valence-corrected chi connectivity index (χ4v) is 4.85. The maximum atomic E-state index is 12.9. The van der Waals surface area contributed by atoms with E-state index < -0.39 is 0 Å². The molecular formula is C26H33N3O. The zero-order valence-electron chi connectivity index (χ0n) is 18.4. The molecule has 1 N–H and O–H groups in total. The summed E-state index contributed by atoms with van der Waals surface area (Å²) in [5.74, 6) is 1.73. The number of para-hydroxylation sites is 2. The molecule has 158 valence electrons. The van der Waals surface area contributed by atoms with Crippen LogP contribution < -0.4 is 5.32 Å². The molecule has 1 aliphatic rings. The fraction of sp³-hybridized carbons (Fsp3) is 0.462. The van der Waals surface area contributed by atoms with Crippen LogP contribution in [0.1, 0.15) is 78.8 Å². The summed E-state index contributed by atoms with van der Waals surface area (Å²) in [6.07, 6.45) is 8.00. The molecule has 0 bridgehead atoms. The maximum absolute atomic E-state index is 12.9. The van der Waals surface area contributed by atoms with E-state index in [0.717, 1.165) is 40.4 Å². The molecule has 30 heavy (non-hydrogen) atoms. The number of carbonyl (C=O) groups is 1. The van der Waals surface area contributed by atoms with E-state index in [2.05, 4.69) is 34.1 Å². The highest BCUT2D eigenvalue weighted by atomic mass is 16.1. The van der Waals surface area contributed by atoms with Gasteiger partial charge in [-0.25, -0.2) is 4.98 Å². The first kappa shape index (κ1) is 20.6. The van der Waals surface area contributed by atoms with E-state index in [-0.39, 0.29) is 11.9 Å². The minimum Gasteiger partial charge on any atom is -0.342 e. The highest BCUT2D eigenvalue weighted by Crippen LogP contribution is 2.29. The molecule has 1 aromatic heterocycles. The van der Waals surface area contributed by atoms with Crippen LogP contribution in [0, 0.1) is 19.8 Å². The molecule has 0 saturated heterocycles. The fourth-order valence-electron chi connectivity index (χ4n) is 4.85. The van der Waals surface area contributed by atoms with Crippen molar-refractivity contribution in [1.29, 1.82) is 0 Å². The standard InChI is InChI=1S/C26H33N3O/c1-18-13-14-22(19(2)17-18)26(30)27-20(3)25-28-23-11-7-8-12-24(23)29(25)16-15-21-9-5-4-6-10-21/h7-8,11-14,17,20-21H,4-6,9-10,15-16H2,1-3H3,(H,27,30). The minimum atomic E-state index is -0.156. The van der Waals surface area contributed by atoms with E-state index >= 15 is 0 Å². The van der Waals surface area contributed by atoms with Gasteiger partial charge in [0, 0.05) is 12.1 Å². The average molecular weight is 404 g/mol. The molecule has 1 aliphatic carbocycles. The van der Waals surface area contributed by atoms with Gasteiger partial charge in [-0.05, 0) is 56.9 Å². The number of nitrogens with one attached hydrogen (secondary N) is 1. The Labute approximate surface area is 179 Å². The van der Waals surface area contributed by atoms with Crippen LogP contribution in [-0.4, -0.2) is 15.5 Å². The summed E-state index contributed by atoms with van der Waals surface area (Å²) in [5.41, 5.74) is 5.07. The second-order valence-corrected chi connectivity index (χ2v) is 8.92. The Bertz CT molecular complexity index is 1030. The van der Waals surface area contributed by atoms with Crippen LogP contribution in [0.15, 0.2) is 42.5 Å². The van der Waals surface area contributed by atoms with Gasteiger partial charge in [0.05, 0.1) is 17.1 Å². The largest absolute Gasteiger partial charge is 0.342 e. The van der Waals surface area contributed by atoms with E-state index in [9.17, 15) is 4.79 Å². The van der Waals surface area contributed by atoms with Gasteiger partial charge in [0.2, 0.25) is 0 Å². The summed E-state index contributed by atoms with van der Waals surface area (Å²) in [6.45, 7) is 7.04. The van der Waals surface area contributed by atoms with Crippen LogP contribution in [0.3, 0.4) is 0 Å². The third-order valence-electron chi connectivity index (χ3n) is 6.53. The lowest BCUT2D eigenvalue weighted by Gasteiger charge is -2.23. The van der Waals surface area contributed by atoms with Gasteiger partial charge in [-0.2, -0.15) is 0 Å². The number of nitrogens with zero attached hydrogens (tertiary/aromatic N) is 2. The Morgan fingerprint density at radius 3 is 2.67 bits per heavy atom. The number of hydrogen-bond donors (Lipinski definition) is 1. The van der Waals surface area contributed by atoms with Gasteiger partial charge < -0.3 is 9.88 Å². The Morgan fingerprint density at radius 2 is 1.90 bits per heavy atom. The predicted octanol–water partition coefficient (Wildman–Crippen LogP) is 6.11. The van der Waals surface area contributed by atoms with Crippen LogP contribution in [0.4, 0.5) is 0 Å². The molecule has 1 amide bonds. The number of aryl methyl sites for hydroxylation is 3. The van der Waals surface area contributed by atoms with Gasteiger partial charge in [0.15, 0.2) is 0 Å². The number of rotatable bonds is 6. The first-order valence-corrected chi connectivity index (χ1v) is 11.4. The van der Waals surface area contributed by atoms with Gasteiger partial charge in [-0.3, -0.25) is 4.79 Å². The second kappa shape index (κ2) is 9.03. The Hall–Kier alpha value is -2.62.